The van der Waals surface area contributed by atoms with E-state index in [0.29, 0.717) is 0 Å². The lowest BCUT2D eigenvalue weighted by molar-refractivity contribution is 0.209. The van der Waals surface area contributed by atoms with Gasteiger partial charge in [-0.15, -0.1) is 0 Å². The molecule has 1 aliphatic carbocycles. The molecule has 0 heterocycles. The monoisotopic (exact) mass is 336 g/mol. The summed E-state index contributed by atoms with van der Waals surface area (Å²) in [6, 6.07) is 17.7. The minimum atomic E-state index is 0.758. The molecule has 134 valence electrons. The van der Waals surface area contributed by atoms with Gasteiger partial charge in [-0.05, 0) is 60.4 Å². The summed E-state index contributed by atoms with van der Waals surface area (Å²) in [5, 5.41) is 0. The molecule has 0 spiro atoms. The highest BCUT2D eigenvalue weighted by Crippen LogP contribution is 2.26. The first kappa shape index (κ1) is 18.0. The smallest absolute Gasteiger partial charge is 0.119 e. The van der Waals surface area contributed by atoms with Crippen LogP contribution < -0.4 is 4.74 Å². The van der Waals surface area contributed by atoms with Crippen molar-refractivity contribution in [1.82, 2.24) is 0 Å². The minimum absolute atomic E-state index is 0.758. The molecule has 0 saturated heterocycles. The molecule has 25 heavy (non-hydrogen) atoms. The molecule has 0 aromatic heterocycles. The SMILES string of the molecule is CCCCCc1ccc(-c2ccc(OCC3CCCCC3)cc2)cc1. The summed E-state index contributed by atoms with van der Waals surface area (Å²) in [5.74, 6) is 1.76. The molecule has 1 aliphatic rings. The van der Waals surface area contributed by atoms with Crippen molar-refractivity contribution in [2.45, 2.75) is 64.7 Å². The van der Waals surface area contributed by atoms with Gasteiger partial charge in [-0.3, -0.25) is 0 Å². The molecule has 2 aromatic rings. The second-order valence-electron chi connectivity index (χ2n) is 7.49. The quantitative estimate of drug-likeness (QED) is 0.469. The van der Waals surface area contributed by atoms with E-state index in [1.807, 2.05) is 0 Å². The molecule has 3 rings (SSSR count). The molecule has 0 unspecified atom stereocenters. The van der Waals surface area contributed by atoms with Gasteiger partial charge in [0.25, 0.3) is 0 Å². The van der Waals surface area contributed by atoms with Crippen LogP contribution in [0.25, 0.3) is 11.1 Å². The van der Waals surface area contributed by atoms with Crippen LogP contribution in [0.3, 0.4) is 0 Å². The molecular formula is C24H32O. The summed E-state index contributed by atoms with van der Waals surface area (Å²) in [5.41, 5.74) is 4.01. The second kappa shape index (κ2) is 9.65. The van der Waals surface area contributed by atoms with E-state index in [4.69, 9.17) is 4.74 Å². The molecule has 0 radical (unpaired) electrons. The van der Waals surface area contributed by atoms with E-state index in [0.717, 1.165) is 18.3 Å². The van der Waals surface area contributed by atoms with Gasteiger partial charge >= 0.3 is 0 Å². The van der Waals surface area contributed by atoms with Crippen LogP contribution in [-0.2, 0) is 6.42 Å². The third-order valence-corrected chi connectivity index (χ3v) is 5.42. The highest BCUT2D eigenvalue weighted by Gasteiger charge is 2.13. The molecule has 0 atom stereocenters. The van der Waals surface area contributed by atoms with Crippen molar-refractivity contribution in [3.05, 3.63) is 54.1 Å². The Kier molecular flexibility index (Phi) is 6.97. The number of hydrogen-bond donors (Lipinski definition) is 0. The van der Waals surface area contributed by atoms with E-state index in [-0.39, 0.29) is 0 Å². The van der Waals surface area contributed by atoms with Crippen molar-refractivity contribution in [2.24, 2.45) is 5.92 Å². The van der Waals surface area contributed by atoms with E-state index in [1.165, 1.54) is 74.5 Å². The van der Waals surface area contributed by atoms with Crippen LogP contribution in [-0.4, -0.2) is 6.61 Å². The Balaban J connectivity index is 1.52. The maximum absolute atomic E-state index is 6.01. The Hall–Kier alpha value is -1.76. The standard InChI is InChI=1S/C24H32O/c1-2-3-5-8-20-11-13-22(14-12-20)23-15-17-24(18-16-23)25-19-21-9-6-4-7-10-21/h11-18,21H,2-10,19H2,1H3. The first-order valence-corrected chi connectivity index (χ1v) is 10.2. The number of ether oxygens (including phenoxy) is 1. The molecule has 1 fully saturated rings. The second-order valence-corrected chi connectivity index (χ2v) is 7.49. The Labute approximate surface area is 153 Å². The maximum atomic E-state index is 6.01. The summed E-state index contributed by atoms with van der Waals surface area (Å²) in [6.45, 7) is 3.14. The van der Waals surface area contributed by atoms with Crippen LogP contribution in [0.15, 0.2) is 48.5 Å². The molecule has 1 saturated carbocycles. The lowest BCUT2D eigenvalue weighted by Crippen LogP contribution is -2.15. The number of hydrogen-bond acceptors (Lipinski definition) is 1. The lowest BCUT2D eigenvalue weighted by atomic mass is 9.90. The number of benzene rings is 2. The van der Waals surface area contributed by atoms with Crippen LogP contribution in [0.5, 0.6) is 5.75 Å². The minimum Gasteiger partial charge on any atom is -0.493 e. The largest absolute Gasteiger partial charge is 0.493 e. The Morgan fingerprint density at radius 3 is 2.08 bits per heavy atom. The third-order valence-electron chi connectivity index (χ3n) is 5.42. The fourth-order valence-electron chi connectivity index (χ4n) is 3.75. The first-order chi connectivity index (χ1) is 12.3. The van der Waals surface area contributed by atoms with Crippen LogP contribution >= 0.6 is 0 Å². The van der Waals surface area contributed by atoms with Crippen LogP contribution in [0.1, 0.15) is 63.9 Å². The highest BCUT2D eigenvalue weighted by molar-refractivity contribution is 5.64. The average molecular weight is 337 g/mol. The molecular weight excluding hydrogens is 304 g/mol. The fourth-order valence-corrected chi connectivity index (χ4v) is 3.75. The van der Waals surface area contributed by atoms with Gasteiger partial charge in [-0.1, -0.05) is 75.4 Å². The van der Waals surface area contributed by atoms with E-state index in [9.17, 15) is 0 Å². The van der Waals surface area contributed by atoms with Crippen LogP contribution in [0.4, 0.5) is 0 Å². The number of unbranched alkanes of at least 4 members (excludes halogenated alkanes) is 2. The summed E-state index contributed by atoms with van der Waals surface area (Å²) in [6.07, 6.45) is 11.9. The van der Waals surface area contributed by atoms with Crippen molar-refractivity contribution in [1.29, 1.82) is 0 Å². The van der Waals surface area contributed by atoms with Crippen molar-refractivity contribution in [3.63, 3.8) is 0 Å². The summed E-state index contributed by atoms with van der Waals surface area (Å²) in [4.78, 5) is 0. The average Bonchev–Trinajstić information content (AvgIpc) is 2.68. The number of rotatable bonds is 8. The highest BCUT2D eigenvalue weighted by atomic mass is 16.5. The van der Waals surface area contributed by atoms with Crippen LogP contribution in [0.2, 0.25) is 0 Å². The zero-order chi connectivity index (χ0) is 17.3. The van der Waals surface area contributed by atoms with Crippen molar-refractivity contribution >= 4 is 0 Å². The van der Waals surface area contributed by atoms with Gasteiger partial charge in [0.15, 0.2) is 0 Å². The zero-order valence-electron chi connectivity index (χ0n) is 15.7. The van der Waals surface area contributed by atoms with E-state index in [2.05, 4.69) is 55.5 Å². The predicted octanol–water partition coefficient (Wildman–Crippen LogP) is 7.05. The topological polar surface area (TPSA) is 9.23 Å². The van der Waals surface area contributed by atoms with Gasteiger partial charge in [0.2, 0.25) is 0 Å². The van der Waals surface area contributed by atoms with Crippen molar-refractivity contribution in [3.8, 4) is 16.9 Å². The molecule has 2 aromatic carbocycles. The Morgan fingerprint density at radius 1 is 0.800 bits per heavy atom. The molecule has 0 aliphatic heterocycles. The number of aryl methyl sites for hydroxylation is 1. The molecule has 1 nitrogen and oxygen atoms in total. The van der Waals surface area contributed by atoms with Gasteiger partial charge in [0.05, 0.1) is 6.61 Å². The van der Waals surface area contributed by atoms with Crippen LogP contribution in [0, 0.1) is 5.92 Å². The summed E-state index contributed by atoms with van der Waals surface area (Å²) >= 11 is 0. The Bertz CT molecular complexity index is 606. The molecule has 1 heteroatoms. The van der Waals surface area contributed by atoms with Crippen molar-refractivity contribution < 1.29 is 4.74 Å². The maximum Gasteiger partial charge on any atom is 0.119 e. The summed E-state index contributed by atoms with van der Waals surface area (Å²) < 4.78 is 6.01. The normalized spacial score (nSPS) is 15.2. The summed E-state index contributed by atoms with van der Waals surface area (Å²) in [7, 11) is 0. The Morgan fingerprint density at radius 2 is 1.44 bits per heavy atom. The van der Waals surface area contributed by atoms with Gasteiger partial charge in [-0.2, -0.15) is 0 Å². The van der Waals surface area contributed by atoms with E-state index >= 15 is 0 Å². The molecule has 0 amide bonds. The molecule has 0 bridgehead atoms. The predicted molar refractivity (Wildman–Crippen MR) is 107 cm³/mol. The van der Waals surface area contributed by atoms with E-state index in [1.54, 1.807) is 0 Å². The lowest BCUT2D eigenvalue weighted by Gasteiger charge is -2.21. The third kappa shape index (κ3) is 5.63. The first-order valence-electron chi connectivity index (χ1n) is 10.2. The zero-order valence-corrected chi connectivity index (χ0v) is 15.7. The molecule has 0 N–H and O–H groups in total. The van der Waals surface area contributed by atoms with Crippen molar-refractivity contribution in [2.75, 3.05) is 6.61 Å². The van der Waals surface area contributed by atoms with Gasteiger partial charge < -0.3 is 4.74 Å². The fraction of sp³-hybridized carbons (Fsp3) is 0.500. The van der Waals surface area contributed by atoms with Gasteiger partial charge in [0, 0.05) is 0 Å². The van der Waals surface area contributed by atoms with Gasteiger partial charge in [-0.25, -0.2) is 0 Å². The van der Waals surface area contributed by atoms with Gasteiger partial charge in [0.1, 0.15) is 5.75 Å². The van der Waals surface area contributed by atoms with E-state index < -0.39 is 0 Å².